The highest BCUT2D eigenvalue weighted by Crippen LogP contribution is 2.22. The Balaban J connectivity index is 3.14. The predicted octanol–water partition coefficient (Wildman–Crippen LogP) is 2.17. The number of carbonyl (C=O) groups is 2. The van der Waals surface area contributed by atoms with Crippen LogP contribution in [0, 0.1) is 11.6 Å². The van der Waals surface area contributed by atoms with Crippen molar-refractivity contribution in [2.75, 3.05) is 13.2 Å². The molecular weight excluding hydrogens is 258 g/mol. The molecule has 0 N–H and O–H groups in total. The number of carbonyl (C=O) groups excluding carboxylic acids is 2. The lowest BCUT2D eigenvalue weighted by Gasteiger charge is -2.14. The maximum atomic E-state index is 13.1. The van der Waals surface area contributed by atoms with Crippen molar-refractivity contribution in [2.45, 2.75) is 19.8 Å². The highest BCUT2D eigenvalue weighted by molar-refractivity contribution is 6.00. The van der Waals surface area contributed by atoms with Crippen LogP contribution in [0.15, 0.2) is 18.2 Å². The first-order chi connectivity index (χ1) is 8.99. The third kappa shape index (κ3) is 4.01. The molecule has 0 amide bonds. The van der Waals surface area contributed by atoms with Crippen molar-refractivity contribution in [3.05, 3.63) is 35.4 Å². The van der Waals surface area contributed by atoms with E-state index in [1.807, 2.05) is 0 Å². The Morgan fingerprint density at radius 2 is 1.42 bits per heavy atom. The second kappa shape index (κ2) is 6.82. The minimum atomic E-state index is -1.48. The molecule has 0 unspecified atom stereocenters. The van der Waals surface area contributed by atoms with Gasteiger partial charge in [0.05, 0.1) is 13.2 Å². The molecule has 0 spiro atoms. The van der Waals surface area contributed by atoms with E-state index in [-0.39, 0.29) is 18.8 Å². The fourth-order valence-corrected chi connectivity index (χ4v) is 1.56. The molecule has 1 aromatic carbocycles. The van der Waals surface area contributed by atoms with Crippen LogP contribution in [0.3, 0.4) is 0 Å². The van der Waals surface area contributed by atoms with Crippen LogP contribution >= 0.6 is 0 Å². The normalized spacial score (nSPS) is 10.4. The highest BCUT2D eigenvalue weighted by atomic mass is 19.1. The number of esters is 2. The summed E-state index contributed by atoms with van der Waals surface area (Å²) in [5.74, 6) is -5.04. The molecule has 0 aliphatic heterocycles. The molecule has 0 fully saturated rings. The molecular formula is C13H14F2O4. The second-order valence-electron chi connectivity index (χ2n) is 3.64. The van der Waals surface area contributed by atoms with Gasteiger partial charge in [0.15, 0.2) is 5.92 Å². The average Bonchev–Trinajstić information content (AvgIpc) is 2.28. The predicted molar refractivity (Wildman–Crippen MR) is 62.4 cm³/mol. The molecule has 0 saturated carbocycles. The highest BCUT2D eigenvalue weighted by Gasteiger charge is 2.32. The van der Waals surface area contributed by atoms with Gasteiger partial charge >= 0.3 is 11.9 Å². The molecule has 1 aromatic rings. The van der Waals surface area contributed by atoms with Crippen molar-refractivity contribution in [3.63, 3.8) is 0 Å². The Labute approximate surface area is 109 Å². The molecule has 104 valence electrons. The molecule has 0 saturated heterocycles. The minimum absolute atomic E-state index is 0.0482. The molecule has 4 nitrogen and oxygen atoms in total. The van der Waals surface area contributed by atoms with E-state index >= 15 is 0 Å². The quantitative estimate of drug-likeness (QED) is 0.609. The van der Waals surface area contributed by atoms with Gasteiger partial charge in [-0.3, -0.25) is 9.59 Å². The molecule has 19 heavy (non-hydrogen) atoms. The van der Waals surface area contributed by atoms with Crippen LogP contribution < -0.4 is 0 Å². The van der Waals surface area contributed by atoms with E-state index in [0.717, 1.165) is 12.1 Å². The molecule has 1 rings (SSSR count). The maximum Gasteiger partial charge on any atom is 0.324 e. The van der Waals surface area contributed by atoms with Crippen molar-refractivity contribution < 1.29 is 27.8 Å². The zero-order chi connectivity index (χ0) is 14.4. The summed E-state index contributed by atoms with van der Waals surface area (Å²) in [7, 11) is 0. The second-order valence-corrected chi connectivity index (χ2v) is 3.64. The van der Waals surface area contributed by atoms with E-state index < -0.39 is 29.5 Å². The zero-order valence-electron chi connectivity index (χ0n) is 10.6. The van der Waals surface area contributed by atoms with Crippen LogP contribution in [-0.2, 0) is 19.1 Å². The van der Waals surface area contributed by atoms with Crippen LogP contribution in [0.5, 0.6) is 0 Å². The zero-order valence-corrected chi connectivity index (χ0v) is 10.6. The van der Waals surface area contributed by atoms with Gasteiger partial charge in [-0.05, 0) is 31.5 Å². The van der Waals surface area contributed by atoms with Gasteiger partial charge in [-0.15, -0.1) is 0 Å². The third-order valence-electron chi connectivity index (χ3n) is 2.26. The Hall–Kier alpha value is -1.98. The lowest BCUT2D eigenvalue weighted by Crippen LogP contribution is -2.26. The Bertz CT molecular complexity index is 435. The van der Waals surface area contributed by atoms with Gasteiger partial charge in [-0.25, -0.2) is 8.78 Å². The maximum absolute atomic E-state index is 13.1. The van der Waals surface area contributed by atoms with Gasteiger partial charge in [0.25, 0.3) is 0 Å². The SMILES string of the molecule is CCOC(=O)C(C(=O)OCC)c1cc(F)cc(F)c1. The van der Waals surface area contributed by atoms with Crippen molar-refractivity contribution in [1.29, 1.82) is 0 Å². The molecule has 0 atom stereocenters. The van der Waals surface area contributed by atoms with E-state index in [4.69, 9.17) is 9.47 Å². The number of hydrogen-bond donors (Lipinski definition) is 0. The average molecular weight is 272 g/mol. The minimum Gasteiger partial charge on any atom is -0.465 e. The van der Waals surface area contributed by atoms with Gasteiger partial charge in [0, 0.05) is 6.07 Å². The summed E-state index contributed by atoms with van der Waals surface area (Å²) in [6, 6.07) is 2.46. The van der Waals surface area contributed by atoms with E-state index in [1.54, 1.807) is 13.8 Å². The van der Waals surface area contributed by atoms with Crippen LogP contribution in [0.2, 0.25) is 0 Å². The van der Waals surface area contributed by atoms with Crippen LogP contribution in [-0.4, -0.2) is 25.2 Å². The van der Waals surface area contributed by atoms with Crippen molar-refractivity contribution in [2.24, 2.45) is 0 Å². The standard InChI is InChI=1S/C13H14F2O4/c1-3-18-12(16)11(13(17)19-4-2)8-5-9(14)7-10(15)6-8/h5-7,11H,3-4H2,1-2H3. The van der Waals surface area contributed by atoms with Gasteiger partial charge in [0.2, 0.25) is 0 Å². The largest absolute Gasteiger partial charge is 0.465 e. The summed E-state index contributed by atoms with van der Waals surface area (Å²) in [5, 5.41) is 0. The Morgan fingerprint density at radius 3 is 1.79 bits per heavy atom. The Morgan fingerprint density at radius 1 is 1.00 bits per heavy atom. The summed E-state index contributed by atoms with van der Waals surface area (Å²) in [4.78, 5) is 23.4. The lowest BCUT2D eigenvalue weighted by atomic mass is 9.99. The molecule has 0 aliphatic carbocycles. The fraction of sp³-hybridized carbons (Fsp3) is 0.385. The van der Waals surface area contributed by atoms with Crippen LogP contribution in [0.25, 0.3) is 0 Å². The van der Waals surface area contributed by atoms with Crippen molar-refractivity contribution >= 4 is 11.9 Å². The molecule has 0 radical (unpaired) electrons. The molecule has 0 bridgehead atoms. The summed E-state index contributed by atoms with van der Waals surface area (Å²) in [5.41, 5.74) is -0.130. The fourth-order valence-electron chi connectivity index (χ4n) is 1.56. The number of rotatable bonds is 5. The third-order valence-corrected chi connectivity index (χ3v) is 2.26. The summed E-state index contributed by atoms with van der Waals surface area (Å²) >= 11 is 0. The number of hydrogen-bond acceptors (Lipinski definition) is 4. The van der Waals surface area contributed by atoms with Crippen LogP contribution in [0.1, 0.15) is 25.3 Å². The molecule has 0 aliphatic rings. The summed E-state index contributed by atoms with van der Waals surface area (Å²) in [6.45, 7) is 3.22. The number of halogens is 2. The topological polar surface area (TPSA) is 52.6 Å². The van der Waals surface area contributed by atoms with Gasteiger partial charge < -0.3 is 9.47 Å². The molecule has 0 aromatic heterocycles. The molecule has 0 heterocycles. The van der Waals surface area contributed by atoms with E-state index in [0.29, 0.717) is 6.07 Å². The van der Waals surface area contributed by atoms with Crippen molar-refractivity contribution in [1.82, 2.24) is 0 Å². The lowest BCUT2D eigenvalue weighted by molar-refractivity contribution is -0.156. The molecule has 6 heteroatoms. The van der Waals surface area contributed by atoms with E-state index in [2.05, 4.69) is 0 Å². The number of benzene rings is 1. The van der Waals surface area contributed by atoms with Gasteiger partial charge in [0.1, 0.15) is 11.6 Å². The number of ether oxygens (including phenoxy) is 2. The summed E-state index contributed by atoms with van der Waals surface area (Å²) in [6.07, 6.45) is 0. The van der Waals surface area contributed by atoms with E-state index in [1.165, 1.54) is 0 Å². The van der Waals surface area contributed by atoms with Gasteiger partial charge in [-0.2, -0.15) is 0 Å². The smallest absolute Gasteiger partial charge is 0.324 e. The van der Waals surface area contributed by atoms with E-state index in [9.17, 15) is 18.4 Å². The first-order valence-electron chi connectivity index (χ1n) is 5.78. The first-order valence-corrected chi connectivity index (χ1v) is 5.78. The monoisotopic (exact) mass is 272 g/mol. The van der Waals surface area contributed by atoms with Crippen molar-refractivity contribution in [3.8, 4) is 0 Å². The van der Waals surface area contributed by atoms with Gasteiger partial charge in [-0.1, -0.05) is 0 Å². The first kappa shape index (κ1) is 15.1. The Kier molecular flexibility index (Phi) is 5.41. The summed E-state index contributed by atoms with van der Waals surface area (Å²) < 4.78 is 35.7. The van der Waals surface area contributed by atoms with Crippen LogP contribution in [0.4, 0.5) is 8.78 Å².